The Morgan fingerprint density at radius 3 is 2.51 bits per heavy atom. The van der Waals surface area contributed by atoms with Gasteiger partial charge in [-0.05, 0) is 49.1 Å². The van der Waals surface area contributed by atoms with Crippen LogP contribution >= 0.6 is 0 Å². The molecule has 7 nitrogen and oxygen atoms in total. The van der Waals surface area contributed by atoms with E-state index in [-0.39, 0.29) is 23.4 Å². The molecule has 0 fully saturated rings. The Bertz CT molecular complexity index is 1750. The summed E-state index contributed by atoms with van der Waals surface area (Å²) >= 11 is 0. The Balaban J connectivity index is 1.53. The number of hydrogen-bond donors (Lipinski definition) is 1. The van der Waals surface area contributed by atoms with E-state index in [1.165, 1.54) is 4.31 Å². The third-order valence-electron chi connectivity index (χ3n) is 6.46. The minimum absolute atomic E-state index is 0.107. The van der Waals surface area contributed by atoms with E-state index in [2.05, 4.69) is 10.1 Å². The smallest absolute Gasteiger partial charge is 0.275 e. The Hall–Kier alpha value is -4.17. The minimum Gasteiger partial charge on any atom is -0.290 e. The number of nitrogens with one attached hydrogen (secondary N) is 1. The van der Waals surface area contributed by atoms with Gasteiger partial charge in [0.1, 0.15) is 0 Å². The lowest BCUT2D eigenvalue weighted by Gasteiger charge is -2.23. The molecule has 1 aliphatic heterocycles. The molecule has 8 heteroatoms. The van der Waals surface area contributed by atoms with E-state index in [4.69, 9.17) is 0 Å². The van der Waals surface area contributed by atoms with Crippen molar-refractivity contribution in [3.63, 3.8) is 0 Å². The fourth-order valence-electron chi connectivity index (χ4n) is 4.68. The second-order valence-electron chi connectivity index (χ2n) is 8.62. The molecule has 0 saturated carbocycles. The highest BCUT2D eigenvalue weighted by molar-refractivity contribution is 7.92. The van der Waals surface area contributed by atoms with Crippen molar-refractivity contribution in [1.82, 2.24) is 14.8 Å². The highest BCUT2D eigenvalue weighted by atomic mass is 32.2. The lowest BCUT2D eigenvalue weighted by Crippen LogP contribution is -2.34. The van der Waals surface area contributed by atoms with Crippen LogP contribution in [0.5, 0.6) is 0 Å². The lowest BCUT2D eigenvalue weighted by molar-refractivity contribution is 0.590. The van der Waals surface area contributed by atoms with Crippen molar-refractivity contribution in [2.24, 2.45) is 0 Å². The van der Waals surface area contributed by atoms with E-state index in [0.29, 0.717) is 22.6 Å². The lowest BCUT2D eigenvalue weighted by atomic mass is 10.1. The van der Waals surface area contributed by atoms with Gasteiger partial charge in [0.05, 0.1) is 16.3 Å². The number of aryl methyl sites for hydroxylation is 1. The number of aromatic amines is 1. The van der Waals surface area contributed by atoms with Gasteiger partial charge in [0, 0.05) is 29.3 Å². The van der Waals surface area contributed by atoms with Crippen LogP contribution in [0, 0.1) is 6.92 Å². The third-order valence-corrected chi connectivity index (χ3v) is 8.26. The number of benzene rings is 3. The van der Waals surface area contributed by atoms with Crippen molar-refractivity contribution in [2.45, 2.75) is 18.2 Å². The molecule has 3 heterocycles. The summed E-state index contributed by atoms with van der Waals surface area (Å²) in [5, 5.41) is 5.24. The number of fused-ring (bicyclic) bond motifs is 4. The molecule has 0 radical (unpaired) electrons. The number of pyridine rings is 1. The molecule has 1 N–H and O–H groups in total. The van der Waals surface area contributed by atoms with E-state index >= 15 is 0 Å². The fraction of sp³-hybridized carbons (Fsp3) is 0.111. The van der Waals surface area contributed by atoms with Crippen molar-refractivity contribution >= 4 is 26.6 Å². The minimum atomic E-state index is -3.87. The molecule has 1 aliphatic rings. The topological polar surface area (TPSA) is 88.1 Å². The van der Waals surface area contributed by atoms with Crippen molar-refractivity contribution < 1.29 is 8.42 Å². The molecular formula is C27H22N4O3S. The Kier molecular flexibility index (Phi) is 4.86. The summed E-state index contributed by atoms with van der Waals surface area (Å²) in [5.41, 5.74) is 3.23. The standard InChI is InChI=1S/C27H22N4O3S/c1-18-11-13-20(14-12-18)35(33,34)30-17-15-23-25(22-9-5-16-28-26(22)30)29-31(27(23)32)24-10-4-7-19-6-2-3-8-21(19)24/h2-14,16,29H,15,17H2,1H3. The average Bonchev–Trinajstić information content (AvgIpc) is 3.09. The van der Waals surface area contributed by atoms with Gasteiger partial charge >= 0.3 is 0 Å². The van der Waals surface area contributed by atoms with Gasteiger partial charge in [-0.15, -0.1) is 0 Å². The highest BCUT2D eigenvalue weighted by Gasteiger charge is 2.33. The average molecular weight is 483 g/mol. The number of sulfonamides is 1. The van der Waals surface area contributed by atoms with E-state index in [1.54, 1.807) is 47.3 Å². The summed E-state index contributed by atoms with van der Waals surface area (Å²) in [6.07, 6.45) is 1.82. The van der Waals surface area contributed by atoms with E-state index in [1.807, 2.05) is 49.4 Å². The maximum atomic E-state index is 13.6. The molecule has 6 rings (SSSR count). The van der Waals surface area contributed by atoms with Crippen LogP contribution in [-0.4, -0.2) is 29.7 Å². The maximum Gasteiger partial charge on any atom is 0.275 e. The van der Waals surface area contributed by atoms with Gasteiger partial charge in [0.2, 0.25) is 0 Å². The number of rotatable bonds is 3. The number of H-pyrrole nitrogens is 1. The first-order valence-corrected chi connectivity index (χ1v) is 12.8. The van der Waals surface area contributed by atoms with Crippen LogP contribution in [0.4, 0.5) is 5.82 Å². The van der Waals surface area contributed by atoms with Gasteiger partial charge in [-0.1, -0.05) is 54.1 Å². The number of hydrogen-bond acceptors (Lipinski definition) is 4. The van der Waals surface area contributed by atoms with Crippen LogP contribution in [0.2, 0.25) is 0 Å². The van der Waals surface area contributed by atoms with Gasteiger partial charge in [-0.25, -0.2) is 22.4 Å². The third kappa shape index (κ3) is 3.37. The van der Waals surface area contributed by atoms with Crippen molar-refractivity contribution in [2.75, 3.05) is 10.8 Å². The zero-order valence-corrected chi connectivity index (χ0v) is 19.8. The van der Waals surface area contributed by atoms with E-state index in [0.717, 1.165) is 22.0 Å². The molecule has 5 aromatic rings. The van der Waals surface area contributed by atoms with Gasteiger partial charge in [-0.3, -0.25) is 9.89 Å². The highest BCUT2D eigenvalue weighted by Crippen LogP contribution is 2.36. The molecule has 0 amide bonds. The first-order chi connectivity index (χ1) is 16.9. The van der Waals surface area contributed by atoms with Crippen LogP contribution in [0.3, 0.4) is 0 Å². The second kappa shape index (κ2) is 7.95. The normalized spacial score (nSPS) is 13.3. The quantitative estimate of drug-likeness (QED) is 0.412. The number of nitrogens with zero attached hydrogens (tertiary/aromatic N) is 3. The van der Waals surface area contributed by atoms with Crippen LogP contribution in [0.15, 0.2) is 94.7 Å². The van der Waals surface area contributed by atoms with Gasteiger partial charge < -0.3 is 0 Å². The SMILES string of the molecule is Cc1ccc(S(=O)(=O)N2CCc3c([nH]n(-c4cccc5ccccc45)c3=O)-c3cccnc32)cc1. The molecule has 174 valence electrons. The molecule has 0 aliphatic carbocycles. The van der Waals surface area contributed by atoms with Crippen LogP contribution in [0.25, 0.3) is 27.7 Å². The number of aromatic nitrogens is 3. The van der Waals surface area contributed by atoms with Gasteiger partial charge in [0.25, 0.3) is 15.6 Å². The van der Waals surface area contributed by atoms with Crippen LogP contribution in [-0.2, 0) is 16.4 Å². The van der Waals surface area contributed by atoms with E-state index in [9.17, 15) is 13.2 Å². The van der Waals surface area contributed by atoms with Crippen molar-refractivity contribution in [3.8, 4) is 16.9 Å². The summed E-state index contributed by atoms with van der Waals surface area (Å²) in [7, 11) is -3.87. The summed E-state index contributed by atoms with van der Waals surface area (Å²) in [4.78, 5) is 18.3. The Labute approximate surface area is 202 Å². The second-order valence-corrected chi connectivity index (χ2v) is 10.5. The van der Waals surface area contributed by atoms with Gasteiger partial charge in [-0.2, -0.15) is 0 Å². The van der Waals surface area contributed by atoms with Crippen molar-refractivity contribution in [3.05, 3.63) is 107 Å². The zero-order chi connectivity index (χ0) is 24.2. The first-order valence-electron chi connectivity index (χ1n) is 11.3. The molecule has 35 heavy (non-hydrogen) atoms. The Morgan fingerprint density at radius 1 is 0.914 bits per heavy atom. The molecule has 2 aromatic heterocycles. The molecule has 0 spiro atoms. The zero-order valence-electron chi connectivity index (χ0n) is 19.0. The molecule has 0 atom stereocenters. The first kappa shape index (κ1) is 21.4. The predicted octanol–water partition coefficient (Wildman–Crippen LogP) is 4.44. The maximum absolute atomic E-state index is 13.6. The van der Waals surface area contributed by atoms with Gasteiger partial charge in [0.15, 0.2) is 5.82 Å². The van der Waals surface area contributed by atoms with Crippen molar-refractivity contribution in [1.29, 1.82) is 0 Å². The largest absolute Gasteiger partial charge is 0.290 e. The molecule has 0 saturated heterocycles. The van der Waals surface area contributed by atoms with E-state index < -0.39 is 10.0 Å². The predicted molar refractivity (Wildman–Crippen MR) is 137 cm³/mol. The summed E-state index contributed by atoms with van der Waals surface area (Å²) in [6, 6.07) is 24.0. The summed E-state index contributed by atoms with van der Waals surface area (Å²) < 4.78 is 30.1. The van der Waals surface area contributed by atoms with Crippen LogP contribution in [0.1, 0.15) is 11.1 Å². The Morgan fingerprint density at radius 2 is 1.69 bits per heavy atom. The molecule has 0 bridgehead atoms. The van der Waals surface area contributed by atoms with Crippen LogP contribution < -0.4 is 9.86 Å². The molecule has 0 unspecified atom stereocenters. The summed E-state index contributed by atoms with van der Waals surface area (Å²) in [5.74, 6) is 0.304. The molecule has 3 aromatic carbocycles. The number of anilines is 1. The summed E-state index contributed by atoms with van der Waals surface area (Å²) in [6.45, 7) is 2.02. The fourth-order valence-corrected chi connectivity index (χ4v) is 6.12. The monoisotopic (exact) mass is 482 g/mol. The molecular weight excluding hydrogens is 460 g/mol.